The van der Waals surface area contributed by atoms with Gasteiger partial charge in [0.2, 0.25) is 0 Å². The van der Waals surface area contributed by atoms with Crippen molar-refractivity contribution in [2.45, 2.75) is 78.4 Å². The number of amides is 1. The first-order valence-corrected chi connectivity index (χ1v) is 9.51. The van der Waals surface area contributed by atoms with E-state index in [4.69, 9.17) is 23.7 Å². The van der Waals surface area contributed by atoms with E-state index in [0.29, 0.717) is 26.1 Å². The second-order valence-electron chi connectivity index (χ2n) is 7.78. The Morgan fingerprint density at radius 3 is 2.21 bits per heavy atom. The third-order valence-corrected chi connectivity index (χ3v) is 4.06. The zero-order chi connectivity index (χ0) is 21.3. The lowest BCUT2D eigenvalue weighted by Crippen LogP contribution is -2.48. The summed E-state index contributed by atoms with van der Waals surface area (Å²) >= 11 is 0. The largest absolute Gasteiger partial charge is 0.465 e. The fourth-order valence-corrected chi connectivity index (χ4v) is 2.88. The van der Waals surface area contributed by atoms with Crippen molar-refractivity contribution in [2.24, 2.45) is 5.92 Å². The second kappa shape index (κ2) is 11.2. The summed E-state index contributed by atoms with van der Waals surface area (Å²) in [5, 5.41) is 2.82. The molecule has 28 heavy (non-hydrogen) atoms. The van der Waals surface area contributed by atoms with Gasteiger partial charge in [0.1, 0.15) is 11.7 Å². The summed E-state index contributed by atoms with van der Waals surface area (Å²) in [6.07, 6.45) is -0.581. The number of hydrogen-bond donors (Lipinski definition) is 1. The summed E-state index contributed by atoms with van der Waals surface area (Å²) in [4.78, 5) is 35.1. The maximum Gasteiger partial charge on any atom is 0.407 e. The minimum Gasteiger partial charge on any atom is -0.465 e. The minimum absolute atomic E-state index is 0.0172. The third kappa shape index (κ3) is 9.89. The second-order valence-corrected chi connectivity index (χ2v) is 7.78. The monoisotopic (exact) mass is 403 g/mol. The maximum atomic E-state index is 12.3. The van der Waals surface area contributed by atoms with Gasteiger partial charge in [-0.1, -0.05) is 0 Å². The molecule has 1 fully saturated rings. The lowest BCUT2D eigenvalue weighted by atomic mass is 9.91. The molecule has 1 N–H and O–H groups in total. The molecular formula is C19H33NO8. The molecule has 0 aromatic rings. The highest BCUT2D eigenvalue weighted by Crippen LogP contribution is 2.22. The minimum atomic E-state index is -0.667. The van der Waals surface area contributed by atoms with E-state index in [-0.39, 0.29) is 12.9 Å². The third-order valence-electron chi connectivity index (χ3n) is 4.06. The van der Waals surface area contributed by atoms with E-state index < -0.39 is 41.7 Å². The quantitative estimate of drug-likeness (QED) is 0.461. The van der Waals surface area contributed by atoms with Crippen LogP contribution in [-0.2, 0) is 33.3 Å². The first-order valence-electron chi connectivity index (χ1n) is 9.51. The van der Waals surface area contributed by atoms with Crippen LogP contribution in [0, 0.1) is 5.92 Å². The summed E-state index contributed by atoms with van der Waals surface area (Å²) in [5.74, 6) is -1.39. The number of rotatable bonds is 9. The number of alkyl carbamates (subject to hydrolysis) is 1. The number of carbonyl (C=O) groups is 3. The van der Waals surface area contributed by atoms with Gasteiger partial charge in [0.05, 0.1) is 25.7 Å². The van der Waals surface area contributed by atoms with Crippen LogP contribution in [0.15, 0.2) is 0 Å². The molecule has 9 nitrogen and oxygen atoms in total. The molecule has 1 saturated heterocycles. The first kappa shape index (κ1) is 24.2. The van der Waals surface area contributed by atoms with Crippen LogP contribution in [0.3, 0.4) is 0 Å². The van der Waals surface area contributed by atoms with Gasteiger partial charge < -0.3 is 29.0 Å². The van der Waals surface area contributed by atoms with Gasteiger partial charge >= 0.3 is 18.0 Å². The molecule has 0 radical (unpaired) electrons. The molecular weight excluding hydrogens is 370 g/mol. The summed E-state index contributed by atoms with van der Waals surface area (Å²) in [6, 6.07) is -0.489. The van der Waals surface area contributed by atoms with Gasteiger partial charge in [-0.15, -0.1) is 0 Å². The highest BCUT2D eigenvalue weighted by Gasteiger charge is 2.33. The molecule has 162 valence electrons. The van der Waals surface area contributed by atoms with Gasteiger partial charge in [0.25, 0.3) is 0 Å². The lowest BCUT2D eigenvalue weighted by Gasteiger charge is -2.32. The molecule has 1 heterocycles. The van der Waals surface area contributed by atoms with E-state index in [2.05, 4.69) is 5.32 Å². The van der Waals surface area contributed by atoms with Gasteiger partial charge in [-0.05, 0) is 34.1 Å². The average Bonchev–Trinajstić information content (AvgIpc) is 3.02. The molecule has 3 atom stereocenters. The number of hydrogen-bond acceptors (Lipinski definition) is 8. The van der Waals surface area contributed by atoms with Gasteiger partial charge in [0.15, 0.2) is 6.29 Å². The molecule has 1 rings (SSSR count). The Bertz CT molecular complexity index is 525. The summed E-state index contributed by atoms with van der Waals surface area (Å²) in [7, 11) is 0. The van der Waals surface area contributed by atoms with E-state index in [0.717, 1.165) is 0 Å². The van der Waals surface area contributed by atoms with Crippen molar-refractivity contribution < 1.29 is 38.1 Å². The fraction of sp³-hybridized carbons (Fsp3) is 0.842. The fourth-order valence-electron chi connectivity index (χ4n) is 2.88. The van der Waals surface area contributed by atoms with Crippen molar-refractivity contribution in [1.29, 1.82) is 0 Å². The Balaban J connectivity index is 2.91. The Labute approximate surface area is 166 Å². The normalized spacial score (nSPS) is 18.1. The molecule has 0 bridgehead atoms. The molecule has 9 heteroatoms. The van der Waals surface area contributed by atoms with E-state index in [1.54, 1.807) is 27.7 Å². The van der Waals surface area contributed by atoms with Crippen molar-refractivity contribution in [3.8, 4) is 0 Å². The molecule has 1 aliphatic rings. The van der Waals surface area contributed by atoms with Crippen LogP contribution >= 0.6 is 0 Å². The van der Waals surface area contributed by atoms with E-state index >= 15 is 0 Å². The smallest absolute Gasteiger partial charge is 0.407 e. The van der Waals surface area contributed by atoms with Gasteiger partial charge in [-0.25, -0.2) is 4.79 Å². The highest BCUT2D eigenvalue weighted by molar-refractivity contribution is 5.68. The van der Waals surface area contributed by atoms with Crippen molar-refractivity contribution in [1.82, 2.24) is 5.32 Å². The zero-order valence-corrected chi connectivity index (χ0v) is 17.6. The van der Waals surface area contributed by atoms with E-state index in [1.807, 2.05) is 0 Å². The topological polar surface area (TPSA) is 109 Å². The summed E-state index contributed by atoms with van der Waals surface area (Å²) in [5.41, 5.74) is -0.667. The van der Waals surface area contributed by atoms with Crippen molar-refractivity contribution >= 4 is 18.0 Å². The molecule has 1 aliphatic heterocycles. The number of carbonyl (C=O) groups excluding carboxylic acids is 3. The Morgan fingerprint density at radius 1 is 1.11 bits per heavy atom. The summed E-state index contributed by atoms with van der Waals surface area (Å²) < 4.78 is 26.7. The van der Waals surface area contributed by atoms with Crippen molar-refractivity contribution in [3.05, 3.63) is 0 Å². The van der Waals surface area contributed by atoms with E-state index in [1.165, 1.54) is 13.8 Å². The van der Waals surface area contributed by atoms with Crippen LogP contribution in [-0.4, -0.2) is 61.9 Å². The molecule has 0 aromatic carbocycles. The lowest BCUT2D eigenvalue weighted by molar-refractivity contribution is -0.152. The van der Waals surface area contributed by atoms with Gasteiger partial charge in [-0.3, -0.25) is 9.59 Å². The Hall–Kier alpha value is -1.87. The van der Waals surface area contributed by atoms with Crippen LogP contribution in [0.4, 0.5) is 4.79 Å². The molecule has 1 amide bonds. The van der Waals surface area contributed by atoms with Crippen molar-refractivity contribution in [3.63, 3.8) is 0 Å². The van der Waals surface area contributed by atoms with Gasteiger partial charge in [-0.2, -0.15) is 0 Å². The molecule has 0 aliphatic carbocycles. The predicted octanol–water partition coefficient (Wildman–Crippen LogP) is 2.16. The van der Waals surface area contributed by atoms with Crippen LogP contribution in [0.25, 0.3) is 0 Å². The maximum absolute atomic E-state index is 12.3. The Morgan fingerprint density at radius 2 is 1.71 bits per heavy atom. The highest BCUT2D eigenvalue weighted by atomic mass is 16.7. The molecule has 0 saturated carbocycles. The number of esters is 2. The number of nitrogens with one attached hydrogen (secondary N) is 1. The standard InChI is InChI=1S/C19H33NO8/c1-12(27-14(3)22)15(11-26-13(2)21)16(7-8-17-24-9-10-25-17)20-18(23)28-19(4,5)6/h12,15-17H,7-11H2,1-6H3,(H,20,23)/t12-,15-,16-/m1/s1. The van der Waals surface area contributed by atoms with Crippen molar-refractivity contribution in [2.75, 3.05) is 19.8 Å². The van der Waals surface area contributed by atoms with Crippen LogP contribution in [0.2, 0.25) is 0 Å². The molecule has 0 aromatic heterocycles. The average molecular weight is 403 g/mol. The number of ether oxygens (including phenoxy) is 5. The van der Waals surface area contributed by atoms with E-state index in [9.17, 15) is 14.4 Å². The predicted molar refractivity (Wildman–Crippen MR) is 99.4 cm³/mol. The summed E-state index contributed by atoms with van der Waals surface area (Å²) in [6.45, 7) is 10.6. The molecule has 0 unspecified atom stereocenters. The van der Waals surface area contributed by atoms with Crippen LogP contribution in [0.5, 0.6) is 0 Å². The first-order chi connectivity index (χ1) is 13.0. The van der Waals surface area contributed by atoms with Crippen LogP contribution < -0.4 is 5.32 Å². The SMILES string of the molecule is CC(=O)OC[C@@H]([C@@H](CCC1OCCO1)NC(=O)OC(C)(C)C)[C@@H](C)OC(C)=O. The van der Waals surface area contributed by atoms with Gasteiger partial charge in [0, 0.05) is 26.3 Å². The zero-order valence-electron chi connectivity index (χ0n) is 17.6. The molecule has 0 spiro atoms. The Kier molecular flexibility index (Phi) is 9.68. The van der Waals surface area contributed by atoms with Crippen LogP contribution in [0.1, 0.15) is 54.4 Å².